The van der Waals surface area contributed by atoms with Gasteiger partial charge in [-0.1, -0.05) is 0 Å². The number of likely N-dealkylation sites (tertiary alicyclic amines) is 1. The van der Waals surface area contributed by atoms with E-state index in [1.54, 1.807) is 0 Å². The summed E-state index contributed by atoms with van der Waals surface area (Å²) < 4.78 is 11.7. The summed E-state index contributed by atoms with van der Waals surface area (Å²) in [6, 6.07) is 3.55. The largest absolute Gasteiger partial charge is 0.462 e. The van der Waals surface area contributed by atoms with Gasteiger partial charge >= 0.3 is 0 Å². The first-order valence-corrected chi connectivity index (χ1v) is 8.32. The molecule has 118 valence electrons. The number of hydrogen-bond donors (Lipinski definition) is 1. The first-order chi connectivity index (χ1) is 10.2. The molecule has 1 saturated heterocycles. The number of ether oxygens (including phenoxy) is 1. The number of nitrogens with zero attached hydrogens (tertiary/aromatic N) is 1. The van der Waals surface area contributed by atoms with Gasteiger partial charge in [0.25, 0.3) is 0 Å². The van der Waals surface area contributed by atoms with Gasteiger partial charge in [-0.25, -0.2) is 0 Å². The van der Waals surface area contributed by atoms with Gasteiger partial charge in [0.15, 0.2) is 0 Å². The Morgan fingerprint density at radius 2 is 2.24 bits per heavy atom. The van der Waals surface area contributed by atoms with E-state index < -0.39 is 0 Å². The van der Waals surface area contributed by atoms with Gasteiger partial charge in [-0.3, -0.25) is 0 Å². The topological polar surface area (TPSA) is 37.6 Å². The number of aryl methyl sites for hydroxylation is 1. The first kappa shape index (κ1) is 15.1. The summed E-state index contributed by atoms with van der Waals surface area (Å²) in [7, 11) is 2.21. The van der Waals surface area contributed by atoms with E-state index in [9.17, 15) is 0 Å². The molecule has 1 unspecified atom stereocenters. The van der Waals surface area contributed by atoms with Crippen LogP contribution in [0.25, 0.3) is 0 Å². The number of rotatable bonds is 8. The van der Waals surface area contributed by atoms with Gasteiger partial charge in [-0.15, -0.1) is 0 Å². The normalized spacial score (nSPS) is 23.0. The highest BCUT2D eigenvalue weighted by molar-refractivity contribution is 5.19. The Bertz CT molecular complexity index is 454. The lowest BCUT2D eigenvalue weighted by atomic mass is 10.1. The van der Waals surface area contributed by atoms with Crippen molar-refractivity contribution in [3.63, 3.8) is 0 Å². The van der Waals surface area contributed by atoms with Gasteiger partial charge in [0.05, 0.1) is 6.54 Å². The van der Waals surface area contributed by atoms with Crippen molar-refractivity contribution in [3.8, 4) is 0 Å². The fourth-order valence-electron chi connectivity index (χ4n) is 3.10. The smallest absolute Gasteiger partial charge is 0.130 e. The van der Waals surface area contributed by atoms with Crippen molar-refractivity contribution in [3.05, 3.63) is 23.2 Å². The maximum Gasteiger partial charge on any atom is 0.130 e. The van der Waals surface area contributed by atoms with Crippen LogP contribution in [0, 0.1) is 6.92 Å². The monoisotopic (exact) mass is 292 g/mol. The predicted molar refractivity (Wildman–Crippen MR) is 83.2 cm³/mol. The molecule has 1 atom stereocenters. The molecule has 3 rings (SSSR count). The molecular weight excluding hydrogens is 264 g/mol. The van der Waals surface area contributed by atoms with Crippen LogP contribution in [0.15, 0.2) is 10.5 Å². The van der Waals surface area contributed by atoms with Crippen LogP contribution in [0.4, 0.5) is 0 Å². The zero-order chi connectivity index (χ0) is 14.7. The summed E-state index contributed by atoms with van der Waals surface area (Å²) in [5.74, 6) is 2.02. The summed E-state index contributed by atoms with van der Waals surface area (Å²) in [5, 5.41) is 3.50. The lowest BCUT2D eigenvalue weighted by molar-refractivity contribution is 0.0886. The van der Waals surface area contributed by atoms with E-state index in [0.29, 0.717) is 12.6 Å². The van der Waals surface area contributed by atoms with Crippen LogP contribution in [0.3, 0.4) is 0 Å². The molecule has 4 nitrogen and oxygen atoms in total. The third kappa shape index (κ3) is 4.31. The summed E-state index contributed by atoms with van der Waals surface area (Å²) >= 11 is 0. The molecule has 1 aromatic heterocycles. The Hall–Kier alpha value is -0.840. The van der Waals surface area contributed by atoms with Gasteiger partial charge in [0.2, 0.25) is 0 Å². The van der Waals surface area contributed by atoms with Crippen LogP contribution < -0.4 is 5.32 Å². The van der Waals surface area contributed by atoms with Gasteiger partial charge in [0, 0.05) is 18.7 Å². The summed E-state index contributed by atoms with van der Waals surface area (Å²) in [6.45, 7) is 5.62. The van der Waals surface area contributed by atoms with Crippen molar-refractivity contribution in [1.82, 2.24) is 10.2 Å². The minimum Gasteiger partial charge on any atom is -0.462 e. The third-order valence-corrected chi connectivity index (χ3v) is 4.71. The summed E-state index contributed by atoms with van der Waals surface area (Å²) in [5.41, 5.74) is 1.23. The Labute approximate surface area is 127 Å². The minimum atomic E-state index is 0.598. The molecule has 1 aliphatic carbocycles. The standard InChI is InChI=1S/C17H28N2O2/c1-13-10-16(21-17(13)11-18-14-5-6-14)12-20-9-7-15-4-3-8-19(15)2/h10,14-15,18H,3-9,11-12H2,1-2H3. The van der Waals surface area contributed by atoms with Crippen LogP contribution in [0.5, 0.6) is 0 Å². The number of furan rings is 1. The quantitative estimate of drug-likeness (QED) is 0.748. The third-order valence-electron chi connectivity index (χ3n) is 4.71. The SMILES string of the molecule is Cc1cc(COCCC2CCCN2C)oc1CNC1CC1. The van der Waals surface area contributed by atoms with E-state index >= 15 is 0 Å². The molecule has 1 saturated carbocycles. The van der Waals surface area contributed by atoms with Crippen molar-refractivity contribution in [2.75, 3.05) is 20.2 Å². The van der Waals surface area contributed by atoms with E-state index in [4.69, 9.17) is 9.15 Å². The molecule has 0 spiro atoms. The van der Waals surface area contributed by atoms with Crippen LogP contribution in [-0.2, 0) is 17.9 Å². The molecule has 1 aliphatic heterocycles. The highest BCUT2D eigenvalue weighted by Gasteiger charge is 2.21. The second kappa shape index (κ2) is 6.95. The molecule has 21 heavy (non-hydrogen) atoms. The molecule has 2 heterocycles. The van der Waals surface area contributed by atoms with E-state index in [2.05, 4.69) is 30.3 Å². The van der Waals surface area contributed by atoms with E-state index in [1.807, 2.05) is 0 Å². The molecule has 0 radical (unpaired) electrons. The van der Waals surface area contributed by atoms with Crippen LogP contribution in [0.2, 0.25) is 0 Å². The molecule has 1 N–H and O–H groups in total. The Kier molecular flexibility index (Phi) is 4.99. The maximum atomic E-state index is 5.89. The van der Waals surface area contributed by atoms with Gasteiger partial charge in [-0.05, 0) is 64.3 Å². The van der Waals surface area contributed by atoms with Crippen LogP contribution >= 0.6 is 0 Å². The Balaban J connectivity index is 1.37. The molecule has 2 aliphatic rings. The van der Waals surface area contributed by atoms with Crippen molar-refractivity contribution in [2.24, 2.45) is 0 Å². The lowest BCUT2D eigenvalue weighted by Crippen LogP contribution is -2.26. The molecule has 0 bridgehead atoms. The first-order valence-electron chi connectivity index (χ1n) is 8.32. The number of hydrogen-bond acceptors (Lipinski definition) is 4. The summed E-state index contributed by atoms with van der Waals surface area (Å²) in [4.78, 5) is 2.45. The average Bonchev–Trinajstić information content (AvgIpc) is 3.11. The minimum absolute atomic E-state index is 0.598. The van der Waals surface area contributed by atoms with Crippen molar-refractivity contribution in [1.29, 1.82) is 0 Å². The average molecular weight is 292 g/mol. The second-order valence-corrected chi connectivity index (χ2v) is 6.59. The lowest BCUT2D eigenvalue weighted by Gasteiger charge is -2.18. The van der Waals surface area contributed by atoms with Crippen molar-refractivity contribution in [2.45, 2.75) is 64.3 Å². The van der Waals surface area contributed by atoms with Crippen molar-refractivity contribution >= 4 is 0 Å². The maximum absolute atomic E-state index is 5.89. The molecule has 0 amide bonds. The van der Waals surface area contributed by atoms with E-state index in [0.717, 1.165) is 37.1 Å². The molecule has 0 aromatic carbocycles. The zero-order valence-electron chi connectivity index (χ0n) is 13.4. The Morgan fingerprint density at radius 1 is 1.38 bits per heavy atom. The zero-order valence-corrected chi connectivity index (χ0v) is 13.4. The highest BCUT2D eigenvalue weighted by atomic mass is 16.5. The highest BCUT2D eigenvalue weighted by Crippen LogP contribution is 2.22. The van der Waals surface area contributed by atoms with E-state index in [-0.39, 0.29) is 0 Å². The molecule has 1 aromatic rings. The van der Waals surface area contributed by atoms with Crippen molar-refractivity contribution < 1.29 is 9.15 Å². The molecule has 4 heteroatoms. The number of nitrogens with one attached hydrogen (secondary N) is 1. The summed E-state index contributed by atoms with van der Waals surface area (Å²) in [6.07, 6.45) is 6.40. The predicted octanol–water partition coefficient (Wildman–Crippen LogP) is 2.84. The van der Waals surface area contributed by atoms with Gasteiger partial charge in [-0.2, -0.15) is 0 Å². The second-order valence-electron chi connectivity index (χ2n) is 6.59. The van der Waals surface area contributed by atoms with Gasteiger partial charge < -0.3 is 19.4 Å². The van der Waals surface area contributed by atoms with E-state index in [1.165, 1.54) is 37.8 Å². The Morgan fingerprint density at radius 3 is 2.95 bits per heavy atom. The fourth-order valence-corrected chi connectivity index (χ4v) is 3.10. The van der Waals surface area contributed by atoms with Crippen LogP contribution in [0.1, 0.15) is 49.2 Å². The molecular formula is C17H28N2O2. The fraction of sp³-hybridized carbons (Fsp3) is 0.765. The molecule has 2 fully saturated rings. The van der Waals surface area contributed by atoms with Crippen LogP contribution in [-0.4, -0.2) is 37.2 Å². The van der Waals surface area contributed by atoms with Gasteiger partial charge in [0.1, 0.15) is 18.1 Å².